The molecule has 0 amide bonds. The van der Waals surface area contributed by atoms with Gasteiger partial charge in [-0.05, 0) is 32.9 Å². The third-order valence-corrected chi connectivity index (χ3v) is 6.22. The Morgan fingerprint density at radius 2 is 1.60 bits per heavy atom. The number of aryl methyl sites for hydroxylation is 1. The lowest BCUT2D eigenvalue weighted by atomic mass is 10.2. The summed E-state index contributed by atoms with van der Waals surface area (Å²) in [6.07, 6.45) is 1.55. The van der Waals surface area contributed by atoms with Crippen LogP contribution >= 0.6 is 0 Å². The minimum Gasteiger partial charge on any atom is -0.497 e. The standard InChI is InChI=1S/C22H27NO6S/c1-6-17(22(24)29-7-2)15-23(18-12-19(27-4)14-20(13-18)28-5)30(25,26)21-10-8-16(3)9-11-21/h6,8-14H,7,15H2,1-5H3/b17-6+. The molecule has 30 heavy (non-hydrogen) atoms. The van der Waals surface area contributed by atoms with Crippen LogP contribution in [0.5, 0.6) is 11.5 Å². The smallest absolute Gasteiger partial charge is 0.335 e. The number of anilines is 1. The van der Waals surface area contributed by atoms with Gasteiger partial charge in [-0.25, -0.2) is 13.2 Å². The minimum atomic E-state index is -4.00. The van der Waals surface area contributed by atoms with Crippen LogP contribution < -0.4 is 13.8 Å². The van der Waals surface area contributed by atoms with Gasteiger partial charge in [0.2, 0.25) is 0 Å². The summed E-state index contributed by atoms with van der Waals surface area (Å²) >= 11 is 0. The molecule has 162 valence electrons. The van der Waals surface area contributed by atoms with Crippen molar-refractivity contribution >= 4 is 21.7 Å². The highest BCUT2D eigenvalue weighted by atomic mass is 32.2. The van der Waals surface area contributed by atoms with E-state index in [1.807, 2.05) is 6.92 Å². The molecule has 0 saturated carbocycles. The van der Waals surface area contributed by atoms with E-state index < -0.39 is 16.0 Å². The van der Waals surface area contributed by atoms with Crippen LogP contribution in [0.1, 0.15) is 19.4 Å². The van der Waals surface area contributed by atoms with E-state index in [-0.39, 0.29) is 23.6 Å². The molecule has 0 spiro atoms. The molecule has 0 bridgehead atoms. The molecule has 0 aromatic heterocycles. The highest BCUT2D eigenvalue weighted by molar-refractivity contribution is 7.92. The molecule has 0 saturated heterocycles. The number of allylic oxidation sites excluding steroid dienone is 1. The van der Waals surface area contributed by atoms with Crippen molar-refractivity contribution in [2.24, 2.45) is 0 Å². The van der Waals surface area contributed by atoms with Gasteiger partial charge < -0.3 is 14.2 Å². The molecule has 2 aromatic carbocycles. The number of carbonyl (C=O) groups is 1. The number of ether oxygens (including phenoxy) is 3. The maximum atomic E-state index is 13.5. The molecular weight excluding hydrogens is 406 g/mol. The van der Waals surface area contributed by atoms with Gasteiger partial charge in [0.15, 0.2) is 0 Å². The zero-order valence-corrected chi connectivity index (χ0v) is 18.7. The van der Waals surface area contributed by atoms with Crippen molar-refractivity contribution in [2.75, 3.05) is 31.7 Å². The largest absolute Gasteiger partial charge is 0.497 e. The number of hydrogen-bond acceptors (Lipinski definition) is 6. The number of esters is 1. The first-order valence-electron chi connectivity index (χ1n) is 9.41. The van der Waals surface area contributed by atoms with Crippen LogP contribution in [0.3, 0.4) is 0 Å². The number of methoxy groups -OCH3 is 2. The normalized spacial score (nSPS) is 11.7. The summed E-state index contributed by atoms with van der Waals surface area (Å²) in [5.74, 6) is 0.275. The predicted octanol–water partition coefficient (Wildman–Crippen LogP) is 3.72. The third kappa shape index (κ3) is 5.33. The van der Waals surface area contributed by atoms with Crippen LogP contribution in [0.25, 0.3) is 0 Å². The fourth-order valence-corrected chi connectivity index (χ4v) is 4.17. The molecular formula is C22H27NO6S. The van der Waals surface area contributed by atoms with Crippen LogP contribution in [0.15, 0.2) is 59.0 Å². The second kappa shape index (κ2) is 10.2. The lowest BCUT2D eigenvalue weighted by molar-refractivity contribution is -0.138. The fraction of sp³-hybridized carbons (Fsp3) is 0.318. The topological polar surface area (TPSA) is 82.1 Å². The van der Waals surface area contributed by atoms with Crippen LogP contribution in [0, 0.1) is 6.92 Å². The quantitative estimate of drug-likeness (QED) is 0.443. The Labute approximate surface area is 177 Å². The first-order chi connectivity index (χ1) is 14.3. The van der Waals surface area contributed by atoms with E-state index in [9.17, 15) is 13.2 Å². The summed E-state index contributed by atoms with van der Waals surface area (Å²) in [6, 6.07) is 11.3. The van der Waals surface area contributed by atoms with Crippen molar-refractivity contribution in [1.29, 1.82) is 0 Å². The molecule has 0 radical (unpaired) electrons. The second-order valence-electron chi connectivity index (χ2n) is 6.43. The monoisotopic (exact) mass is 433 g/mol. The van der Waals surface area contributed by atoms with Crippen molar-refractivity contribution < 1.29 is 27.4 Å². The van der Waals surface area contributed by atoms with E-state index in [2.05, 4.69) is 0 Å². The first-order valence-corrected chi connectivity index (χ1v) is 10.9. The highest BCUT2D eigenvalue weighted by Gasteiger charge is 2.28. The number of rotatable bonds is 9. The molecule has 2 rings (SSSR count). The summed E-state index contributed by atoms with van der Waals surface area (Å²) in [4.78, 5) is 12.4. The predicted molar refractivity (Wildman–Crippen MR) is 116 cm³/mol. The Kier molecular flexibility index (Phi) is 7.88. The van der Waals surface area contributed by atoms with E-state index >= 15 is 0 Å². The van der Waals surface area contributed by atoms with E-state index in [4.69, 9.17) is 14.2 Å². The summed E-state index contributed by atoms with van der Waals surface area (Å²) in [6.45, 7) is 5.21. The minimum absolute atomic E-state index is 0.106. The molecule has 0 aliphatic carbocycles. The molecule has 8 heteroatoms. The molecule has 2 aromatic rings. The van der Waals surface area contributed by atoms with Crippen molar-refractivity contribution in [1.82, 2.24) is 0 Å². The molecule has 0 atom stereocenters. The van der Waals surface area contributed by atoms with Crippen LogP contribution in [0.2, 0.25) is 0 Å². The average molecular weight is 434 g/mol. The van der Waals surface area contributed by atoms with Gasteiger partial charge in [0.1, 0.15) is 11.5 Å². The molecule has 0 fully saturated rings. The molecule has 0 N–H and O–H groups in total. The Hall–Kier alpha value is -3.00. The number of nitrogens with zero attached hydrogens (tertiary/aromatic N) is 1. The van der Waals surface area contributed by atoms with E-state index in [1.165, 1.54) is 26.4 Å². The molecule has 0 heterocycles. The van der Waals surface area contributed by atoms with Crippen molar-refractivity contribution in [3.05, 3.63) is 59.7 Å². The Morgan fingerprint density at radius 3 is 2.07 bits per heavy atom. The first kappa shape index (κ1) is 23.3. The van der Waals surface area contributed by atoms with Gasteiger partial charge in [0, 0.05) is 18.2 Å². The van der Waals surface area contributed by atoms with E-state index in [0.29, 0.717) is 17.2 Å². The number of hydrogen-bond donors (Lipinski definition) is 0. The van der Waals surface area contributed by atoms with Crippen LogP contribution in [0.4, 0.5) is 5.69 Å². The summed E-state index contributed by atoms with van der Waals surface area (Å²) < 4.78 is 43.9. The van der Waals surface area contributed by atoms with Gasteiger partial charge in [-0.15, -0.1) is 0 Å². The fourth-order valence-electron chi connectivity index (χ4n) is 2.74. The van der Waals surface area contributed by atoms with E-state index in [0.717, 1.165) is 9.87 Å². The zero-order chi connectivity index (χ0) is 22.3. The van der Waals surface area contributed by atoms with Crippen LogP contribution in [-0.4, -0.2) is 41.8 Å². The molecule has 0 unspecified atom stereocenters. The van der Waals surface area contributed by atoms with Gasteiger partial charge in [0.25, 0.3) is 10.0 Å². The van der Waals surface area contributed by atoms with E-state index in [1.54, 1.807) is 50.3 Å². The SMILES string of the molecule is C/C=C(\CN(c1cc(OC)cc(OC)c1)S(=O)(=O)c1ccc(C)cc1)C(=O)OCC. The van der Waals surface area contributed by atoms with Crippen LogP contribution in [-0.2, 0) is 19.6 Å². The summed E-state index contributed by atoms with van der Waals surface area (Å²) in [7, 11) is -1.04. The Bertz CT molecular complexity index is 990. The average Bonchev–Trinajstić information content (AvgIpc) is 2.74. The zero-order valence-electron chi connectivity index (χ0n) is 17.8. The van der Waals surface area contributed by atoms with Crippen molar-refractivity contribution in [2.45, 2.75) is 25.7 Å². The van der Waals surface area contributed by atoms with Gasteiger partial charge >= 0.3 is 5.97 Å². The highest BCUT2D eigenvalue weighted by Crippen LogP contribution is 2.32. The molecule has 0 aliphatic heterocycles. The summed E-state index contributed by atoms with van der Waals surface area (Å²) in [5.41, 5.74) is 1.45. The second-order valence-corrected chi connectivity index (χ2v) is 8.29. The third-order valence-electron chi connectivity index (χ3n) is 4.43. The number of carbonyl (C=O) groups excluding carboxylic acids is 1. The molecule has 0 aliphatic rings. The lowest BCUT2D eigenvalue weighted by Crippen LogP contribution is -2.34. The Balaban J connectivity index is 2.63. The number of sulfonamides is 1. The van der Waals surface area contributed by atoms with Gasteiger partial charge in [-0.1, -0.05) is 23.8 Å². The van der Waals surface area contributed by atoms with Gasteiger partial charge in [-0.3, -0.25) is 4.31 Å². The molecule has 7 nitrogen and oxygen atoms in total. The maximum Gasteiger partial charge on any atom is 0.335 e. The van der Waals surface area contributed by atoms with Crippen molar-refractivity contribution in [3.63, 3.8) is 0 Å². The van der Waals surface area contributed by atoms with Gasteiger partial charge in [0.05, 0.1) is 43.5 Å². The summed E-state index contributed by atoms with van der Waals surface area (Å²) in [5, 5.41) is 0. The number of benzene rings is 2. The van der Waals surface area contributed by atoms with Gasteiger partial charge in [-0.2, -0.15) is 0 Å². The maximum absolute atomic E-state index is 13.5. The Morgan fingerprint density at radius 1 is 1.03 bits per heavy atom. The van der Waals surface area contributed by atoms with Crippen molar-refractivity contribution in [3.8, 4) is 11.5 Å². The lowest BCUT2D eigenvalue weighted by Gasteiger charge is -2.26.